The van der Waals surface area contributed by atoms with Crippen molar-refractivity contribution < 1.29 is 9.53 Å². The smallest absolute Gasteiger partial charge is 0.256 e. The Kier molecular flexibility index (Phi) is 4.43. The quantitative estimate of drug-likeness (QED) is 0.931. The van der Waals surface area contributed by atoms with Crippen LogP contribution in [0, 0.1) is 6.92 Å². The number of aryl methyl sites for hydroxylation is 2. The highest BCUT2D eigenvalue weighted by molar-refractivity contribution is 5.96. The first-order chi connectivity index (χ1) is 11.1. The van der Waals surface area contributed by atoms with Crippen molar-refractivity contribution in [3.63, 3.8) is 0 Å². The molecule has 0 saturated carbocycles. The lowest BCUT2D eigenvalue weighted by Gasteiger charge is -2.13. The molecule has 6 heteroatoms. The van der Waals surface area contributed by atoms with Gasteiger partial charge in [-0.15, -0.1) is 0 Å². The van der Waals surface area contributed by atoms with E-state index in [4.69, 9.17) is 4.74 Å². The van der Waals surface area contributed by atoms with Gasteiger partial charge >= 0.3 is 0 Å². The summed E-state index contributed by atoms with van der Waals surface area (Å²) in [6.45, 7) is 5.66. The summed E-state index contributed by atoms with van der Waals surface area (Å²) >= 11 is 0. The molecule has 1 unspecified atom stereocenters. The molecule has 1 fully saturated rings. The maximum Gasteiger partial charge on any atom is 0.256 e. The fourth-order valence-electron chi connectivity index (χ4n) is 2.87. The van der Waals surface area contributed by atoms with Crippen LogP contribution in [0.15, 0.2) is 23.1 Å². The molecule has 0 aromatic carbocycles. The van der Waals surface area contributed by atoms with E-state index in [0.717, 1.165) is 25.1 Å². The molecule has 1 aliphatic rings. The first-order valence-corrected chi connectivity index (χ1v) is 8.00. The van der Waals surface area contributed by atoms with Crippen LogP contribution in [0.3, 0.4) is 0 Å². The molecule has 1 aliphatic heterocycles. The Hall–Kier alpha value is -2.21. The Morgan fingerprint density at radius 2 is 2.30 bits per heavy atom. The van der Waals surface area contributed by atoms with Crippen LogP contribution in [0.1, 0.15) is 35.8 Å². The van der Waals surface area contributed by atoms with Gasteiger partial charge in [0.05, 0.1) is 11.5 Å². The predicted octanol–water partition coefficient (Wildman–Crippen LogP) is 1.63. The average molecular weight is 315 g/mol. The van der Waals surface area contributed by atoms with Crippen LogP contribution in [0.4, 0.5) is 0 Å². The van der Waals surface area contributed by atoms with Gasteiger partial charge in [-0.05, 0) is 38.8 Å². The molecule has 23 heavy (non-hydrogen) atoms. The standard InChI is InChI=1S/C17H21N3O3/c1-3-20-10-14(17(22)18-9-12-5-4-8-23-12)15(21)13-7-6-11(2)19-16(13)20/h6-7,10,12H,3-5,8-9H2,1-2H3,(H,18,22). The van der Waals surface area contributed by atoms with Crippen LogP contribution in [0.2, 0.25) is 0 Å². The van der Waals surface area contributed by atoms with Gasteiger partial charge in [0.25, 0.3) is 5.91 Å². The lowest BCUT2D eigenvalue weighted by Crippen LogP contribution is -2.35. The maximum atomic E-state index is 12.6. The summed E-state index contributed by atoms with van der Waals surface area (Å²) in [5, 5.41) is 3.29. The van der Waals surface area contributed by atoms with Crippen molar-refractivity contribution in [2.45, 2.75) is 39.3 Å². The summed E-state index contributed by atoms with van der Waals surface area (Å²) in [6.07, 6.45) is 3.61. The number of rotatable bonds is 4. The van der Waals surface area contributed by atoms with E-state index in [2.05, 4.69) is 10.3 Å². The van der Waals surface area contributed by atoms with E-state index in [1.54, 1.807) is 18.3 Å². The van der Waals surface area contributed by atoms with Crippen LogP contribution >= 0.6 is 0 Å². The number of fused-ring (bicyclic) bond motifs is 1. The predicted molar refractivity (Wildman–Crippen MR) is 87.7 cm³/mol. The molecule has 2 aromatic heterocycles. The molecule has 6 nitrogen and oxygen atoms in total. The first kappa shape index (κ1) is 15.7. The van der Waals surface area contributed by atoms with E-state index in [0.29, 0.717) is 24.1 Å². The number of carbonyl (C=O) groups excluding carboxylic acids is 1. The zero-order valence-corrected chi connectivity index (χ0v) is 13.5. The van der Waals surface area contributed by atoms with Gasteiger partial charge in [0.1, 0.15) is 11.2 Å². The first-order valence-electron chi connectivity index (χ1n) is 8.00. The monoisotopic (exact) mass is 315 g/mol. The Bertz CT molecular complexity index is 792. The van der Waals surface area contributed by atoms with Gasteiger partial charge in [-0.25, -0.2) is 4.98 Å². The van der Waals surface area contributed by atoms with Crippen LogP contribution in [0.5, 0.6) is 0 Å². The number of hydrogen-bond donors (Lipinski definition) is 1. The number of carbonyl (C=O) groups is 1. The van der Waals surface area contributed by atoms with E-state index in [1.807, 2.05) is 18.4 Å². The molecule has 0 aliphatic carbocycles. The van der Waals surface area contributed by atoms with Crippen molar-refractivity contribution in [3.05, 3.63) is 39.8 Å². The van der Waals surface area contributed by atoms with Gasteiger partial charge in [0.15, 0.2) is 0 Å². The molecule has 1 amide bonds. The Morgan fingerprint density at radius 1 is 1.48 bits per heavy atom. The summed E-state index contributed by atoms with van der Waals surface area (Å²) < 4.78 is 7.33. The molecule has 1 saturated heterocycles. The van der Waals surface area contributed by atoms with E-state index in [9.17, 15) is 9.59 Å². The number of hydrogen-bond acceptors (Lipinski definition) is 4. The fraction of sp³-hybridized carbons (Fsp3) is 0.471. The second kappa shape index (κ2) is 6.50. The molecule has 0 radical (unpaired) electrons. The highest BCUT2D eigenvalue weighted by atomic mass is 16.5. The summed E-state index contributed by atoms with van der Waals surface area (Å²) in [5.41, 5.74) is 1.34. The molecule has 0 bridgehead atoms. The van der Waals surface area contributed by atoms with Crippen molar-refractivity contribution in [1.82, 2.24) is 14.9 Å². The molecule has 0 spiro atoms. The average Bonchev–Trinajstić information content (AvgIpc) is 3.06. The topological polar surface area (TPSA) is 73.2 Å². The number of nitrogens with zero attached hydrogens (tertiary/aromatic N) is 2. The Morgan fingerprint density at radius 3 is 3.00 bits per heavy atom. The molecular formula is C17H21N3O3. The molecule has 1 atom stereocenters. The van der Waals surface area contributed by atoms with Gasteiger partial charge in [-0.1, -0.05) is 0 Å². The van der Waals surface area contributed by atoms with Crippen molar-refractivity contribution >= 4 is 16.9 Å². The zero-order chi connectivity index (χ0) is 16.4. The Labute approximate surface area is 134 Å². The van der Waals surface area contributed by atoms with Gasteiger partial charge in [-0.2, -0.15) is 0 Å². The lowest BCUT2D eigenvalue weighted by atomic mass is 10.1. The van der Waals surface area contributed by atoms with Gasteiger partial charge in [0, 0.05) is 31.6 Å². The molecule has 3 rings (SSSR count). The third-order valence-electron chi connectivity index (χ3n) is 4.16. The van der Waals surface area contributed by atoms with E-state index < -0.39 is 0 Å². The fourth-order valence-corrected chi connectivity index (χ4v) is 2.87. The molecular weight excluding hydrogens is 294 g/mol. The van der Waals surface area contributed by atoms with Gasteiger partial charge in [0.2, 0.25) is 5.43 Å². The van der Waals surface area contributed by atoms with Gasteiger partial charge in [-0.3, -0.25) is 9.59 Å². The normalized spacial score (nSPS) is 17.6. The third-order valence-corrected chi connectivity index (χ3v) is 4.16. The van der Waals surface area contributed by atoms with Crippen LogP contribution in [-0.2, 0) is 11.3 Å². The summed E-state index contributed by atoms with van der Waals surface area (Å²) in [7, 11) is 0. The highest BCUT2D eigenvalue weighted by Gasteiger charge is 2.19. The summed E-state index contributed by atoms with van der Waals surface area (Å²) in [6, 6.07) is 3.53. The van der Waals surface area contributed by atoms with E-state index in [1.165, 1.54) is 0 Å². The molecule has 1 N–H and O–H groups in total. The van der Waals surface area contributed by atoms with Gasteiger partial charge < -0.3 is 14.6 Å². The van der Waals surface area contributed by atoms with Crippen LogP contribution < -0.4 is 10.7 Å². The van der Waals surface area contributed by atoms with Crippen molar-refractivity contribution in [2.75, 3.05) is 13.2 Å². The van der Waals surface area contributed by atoms with E-state index >= 15 is 0 Å². The van der Waals surface area contributed by atoms with Crippen LogP contribution in [-0.4, -0.2) is 34.7 Å². The molecule has 3 heterocycles. The second-order valence-electron chi connectivity index (χ2n) is 5.83. The van der Waals surface area contributed by atoms with Crippen LogP contribution in [0.25, 0.3) is 11.0 Å². The van der Waals surface area contributed by atoms with E-state index in [-0.39, 0.29) is 23.0 Å². The second-order valence-corrected chi connectivity index (χ2v) is 5.83. The number of amides is 1. The maximum absolute atomic E-state index is 12.6. The Balaban J connectivity index is 1.93. The minimum Gasteiger partial charge on any atom is -0.376 e. The van der Waals surface area contributed by atoms with Crippen molar-refractivity contribution in [2.24, 2.45) is 0 Å². The third kappa shape index (κ3) is 3.12. The lowest BCUT2D eigenvalue weighted by molar-refractivity contribution is 0.0856. The number of pyridine rings is 2. The van der Waals surface area contributed by atoms with Crippen molar-refractivity contribution in [3.8, 4) is 0 Å². The number of ether oxygens (including phenoxy) is 1. The summed E-state index contributed by atoms with van der Waals surface area (Å²) in [4.78, 5) is 29.4. The molecule has 2 aromatic rings. The minimum atomic E-state index is -0.352. The number of nitrogens with one attached hydrogen (secondary N) is 1. The molecule has 122 valence electrons. The zero-order valence-electron chi connectivity index (χ0n) is 13.5. The van der Waals surface area contributed by atoms with Crippen molar-refractivity contribution in [1.29, 1.82) is 0 Å². The number of aromatic nitrogens is 2. The summed E-state index contributed by atoms with van der Waals surface area (Å²) in [5.74, 6) is -0.352. The highest BCUT2D eigenvalue weighted by Crippen LogP contribution is 2.12. The SMILES string of the molecule is CCn1cc(C(=O)NCC2CCCO2)c(=O)c2ccc(C)nc21. The largest absolute Gasteiger partial charge is 0.376 e. The minimum absolute atomic E-state index is 0.0529.